The third-order valence-corrected chi connectivity index (χ3v) is 2.98. The fourth-order valence-electron chi connectivity index (χ4n) is 2.09. The highest BCUT2D eigenvalue weighted by molar-refractivity contribution is 5.92. The van der Waals surface area contributed by atoms with E-state index in [-0.39, 0.29) is 5.95 Å². The molecular weight excluding hydrogens is 242 g/mol. The molecule has 0 aliphatic rings. The van der Waals surface area contributed by atoms with Crippen LogP contribution in [0.5, 0.6) is 0 Å². The number of nitrogen functional groups attached to an aromatic ring is 1. The molecule has 0 fully saturated rings. The molecule has 0 amide bonds. The Kier molecular flexibility index (Phi) is 1.85. The summed E-state index contributed by atoms with van der Waals surface area (Å²) in [4.78, 5) is 15.4. The fraction of sp³-hybridized carbons (Fsp3) is 0. The van der Waals surface area contributed by atoms with E-state index in [2.05, 4.69) is 25.0 Å². The summed E-state index contributed by atoms with van der Waals surface area (Å²) in [5, 5.41) is 5.39. The molecule has 7 nitrogen and oxygen atoms in total. The number of nitrogens with two attached hydrogens (primary N) is 1. The minimum absolute atomic E-state index is 0.249. The van der Waals surface area contributed by atoms with Gasteiger partial charge >= 0.3 is 0 Å². The van der Waals surface area contributed by atoms with E-state index < -0.39 is 0 Å². The van der Waals surface area contributed by atoms with Gasteiger partial charge in [0, 0.05) is 35.7 Å². The van der Waals surface area contributed by atoms with E-state index in [1.54, 1.807) is 16.9 Å². The van der Waals surface area contributed by atoms with Crippen LogP contribution in [0, 0.1) is 0 Å². The number of H-pyrrole nitrogens is 1. The molecule has 0 radical (unpaired) electrons. The van der Waals surface area contributed by atoms with Crippen molar-refractivity contribution >= 4 is 22.6 Å². The van der Waals surface area contributed by atoms with Gasteiger partial charge < -0.3 is 10.7 Å². The molecule has 0 unspecified atom stereocenters. The Morgan fingerprint density at radius 1 is 1.21 bits per heavy atom. The van der Waals surface area contributed by atoms with Gasteiger partial charge in [0.25, 0.3) is 0 Å². The molecular formula is C12H9N7. The van der Waals surface area contributed by atoms with Gasteiger partial charge in [-0.3, -0.25) is 0 Å². The molecule has 0 aliphatic carbocycles. The van der Waals surface area contributed by atoms with Crippen molar-refractivity contribution in [2.45, 2.75) is 0 Å². The molecule has 0 aromatic carbocycles. The van der Waals surface area contributed by atoms with Crippen molar-refractivity contribution in [1.82, 2.24) is 29.5 Å². The second-order valence-electron chi connectivity index (χ2n) is 4.14. The van der Waals surface area contributed by atoms with E-state index in [0.717, 1.165) is 22.3 Å². The molecule has 4 rings (SSSR count). The maximum absolute atomic E-state index is 5.56. The summed E-state index contributed by atoms with van der Waals surface area (Å²) in [6, 6.07) is 3.83. The Labute approximate surface area is 107 Å². The van der Waals surface area contributed by atoms with Gasteiger partial charge in [-0.15, -0.1) is 0 Å². The molecule has 4 heterocycles. The SMILES string of the molecule is Nc1ncc2c(-c3ccc4nccn4n3)c[nH]c2n1. The predicted octanol–water partition coefficient (Wildman–Crippen LogP) is 1.25. The normalized spacial score (nSPS) is 11.4. The number of nitrogens with one attached hydrogen (secondary N) is 1. The zero-order valence-corrected chi connectivity index (χ0v) is 9.78. The topological polar surface area (TPSA) is 97.8 Å². The van der Waals surface area contributed by atoms with Crippen molar-refractivity contribution in [2.24, 2.45) is 0 Å². The molecule has 19 heavy (non-hydrogen) atoms. The Morgan fingerprint density at radius 2 is 2.16 bits per heavy atom. The number of nitrogens with zero attached hydrogens (tertiary/aromatic N) is 5. The van der Waals surface area contributed by atoms with Crippen LogP contribution in [0.1, 0.15) is 0 Å². The van der Waals surface area contributed by atoms with Gasteiger partial charge in [-0.2, -0.15) is 10.1 Å². The highest BCUT2D eigenvalue weighted by Crippen LogP contribution is 2.25. The quantitative estimate of drug-likeness (QED) is 0.530. The molecule has 4 aromatic rings. The third kappa shape index (κ3) is 1.45. The van der Waals surface area contributed by atoms with Crippen LogP contribution < -0.4 is 5.73 Å². The van der Waals surface area contributed by atoms with E-state index in [4.69, 9.17) is 5.73 Å². The molecule has 92 valence electrons. The second-order valence-corrected chi connectivity index (χ2v) is 4.14. The number of aromatic amines is 1. The summed E-state index contributed by atoms with van der Waals surface area (Å²) in [6.07, 6.45) is 7.07. The standard InChI is InChI=1S/C12H9N7/c13-12-16-6-8-7(5-15-11(8)17-12)9-1-2-10-14-3-4-19(10)18-9/h1-6H,(H3,13,15,16,17). The van der Waals surface area contributed by atoms with Crippen LogP contribution in [-0.4, -0.2) is 29.5 Å². The zero-order chi connectivity index (χ0) is 12.8. The number of hydrogen-bond acceptors (Lipinski definition) is 5. The minimum Gasteiger partial charge on any atom is -0.368 e. The summed E-state index contributed by atoms with van der Waals surface area (Å²) in [5.74, 6) is 0.249. The molecule has 0 saturated heterocycles. The lowest BCUT2D eigenvalue weighted by molar-refractivity contribution is 0.943. The third-order valence-electron chi connectivity index (χ3n) is 2.98. The number of anilines is 1. The first-order valence-electron chi connectivity index (χ1n) is 5.71. The molecule has 7 heteroatoms. The van der Waals surface area contributed by atoms with Crippen LogP contribution in [0.25, 0.3) is 27.9 Å². The van der Waals surface area contributed by atoms with Gasteiger partial charge in [0.2, 0.25) is 5.95 Å². The van der Waals surface area contributed by atoms with Gasteiger partial charge in [0.1, 0.15) is 5.65 Å². The van der Waals surface area contributed by atoms with Gasteiger partial charge in [-0.1, -0.05) is 0 Å². The van der Waals surface area contributed by atoms with Crippen molar-refractivity contribution in [1.29, 1.82) is 0 Å². The number of fused-ring (bicyclic) bond motifs is 2. The molecule has 0 aliphatic heterocycles. The van der Waals surface area contributed by atoms with Crippen LogP contribution in [0.2, 0.25) is 0 Å². The van der Waals surface area contributed by atoms with E-state index in [0.29, 0.717) is 5.65 Å². The zero-order valence-electron chi connectivity index (χ0n) is 9.78. The maximum atomic E-state index is 5.56. The smallest absolute Gasteiger partial charge is 0.221 e. The molecule has 4 aromatic heterocycles. The number of rotatable bonds is 1. The van der Waals surface area contributed by atoms with Crippen molar-refractivity contribution in [2.75, 3.05) is 5.73 Å². The average molecular weight is 251 g/mol. The first kappa shape index (κ1) is 10.0. The van der Waals surface area contributed by atoms with E-state index >= 15 is 0 Å². The van der Waals surface area contributed by atoms with Crippen LogP contribution in [-0.2, 0) is 0 Å². The maximum Gasteiger partial charge on any atom is 0.221 e. The summed E-state index contributed by atoms with van der Waals surface area (Å²) >= 11 is 0. The van der Waals surface area contributed by atoms with Crippen molar-refractivity contribution < 1.29 is 0 Å². The number of aromatic nitrogens is 6. The van der Waals surface area contributed by atoms with E-state index in [1.165, 1.54) is 0 Å². The fourth-order valence-corrected chi connectivity index (χ4v) is 2.09. The molecule has 0 bridgehead atoms. The highest BCUT2D eigenvalue weighted by atomic mass is 15.2. The first-order chi connectivity index (χ1) is 9.31. The van der Waals surface area contributed by atoms with Crippen LogP contribution in [0.4, 0.5) is 5.95 Å². The second kappa shape index (κ2) is 3.52. The number of hydrogen-bond donors (Lipinski definition) is 2. The van der Waals surface area contributed by atoms with Gasteiger partial charge in [0.15, 0.2) is 5.65 Å². The van der Waals surface area contributed by atoms with Crippen LogP contribution in [0.3, 0.4) is 0 Å². The van der Waals surface area contributed by atoms with Gasteiger partial charge in [0.05, 0.1) is 5.69 Å². The predicted molar refractivity (Wildman–Crippen MR) is 70.3 cm³/mol. The van der Waals surface area contributed by atoms with Gasteiger partial charge in [-0.25, -0.2) is 14.5 Å². The Hall–Kier alpha value is -2.96. The van der Waals surface area contributed by atoms with E-state index in [9.17, 15) is 0 Å². The minimum atomic E-state index is 0.249. The van der Waals surface area contributed by atoms with Crippen molar-refractivity contribution in [3.8, 4) is 11.3 Å². The molecule has 0 saturated carbocycles. The van der Waals surface area contributed by atoms with Crippen LogP contribution in [0.15, 0.2) is 36.9 Å². The summed E-state index contributed by atoms with van der Waals surface area (Å²) in [7, 11) is 0. The lowest BCUT2D eigenvalue weighted by Gasteiger charge is -1.99. The summed E-state index contributed by atoms with van der Waals surface area (Å²) in [5.41, 5.74) is 8.84. The Balaban J connectivity index is 1.97. The van der Waals surface area contributed by atoms with E-state index in [1.807, 2.05) is 24.5 Å². The molecule has 3 N–H and O–H groups in total. The van der Waals surface area contributed by atoms with Crippen molar-refractivity contribution in [3.05, 3.63) is 36.9 Å². The lowest BCUT2D eigenvalue weighted by atomic mass is 10.2. The van der Waals surface area contributed by atoms with Crippen molar-refractivity contribution in [3.63, 3.8) is 0 Å². The largest absolute Gasteiger partial charge is 0.368 e. The van der Waals surface area contributed by atoms with Crippen LogP contribution >= 0.6 is 0 Å². The Morgan fingerprint density at radius 3 is 3.11 bits per heavy atom. The molecule has 0 spiro atoms. The molecule has 0 atom stereocenters. The highest BCUT2D eigenvalue weighted by Gasteiger charge is 2.10. The lowest BCUT2D eigenvalue weighted by Crippen LogP contribution is -1.94. The summed E-state index contributed by atoms with van der Waals surface area (Å²) < 4.78 is 1.73. The monoisotopic (exact) mass is 251 g/mol. The number of imidazole rings is 1. The Bertz CT molecular complexity index is 889. The summed E-state index contributed by atoms with van der Waals surface area (Å²) in [6.45, 7) is 0. The first-order valence-corrected chi connectivity index (χ1v) is 5.71. The average Bonchev–Trinajstić information content (AvgIpc) is 3.02. The van der Waals surface area contributed by atoms with Gasteiger partial charge in [-0.05, 0) is 12.1 Å².